The fourth-order valence-electron chi connectivity index (χ4n) is 6.52. The Morgan fingerprint density at radius 1 is 1.00 bits per heavy atom. The summed E-state index contributed by atoms with van der Waals surface area (Å²) in [4.78, 5) is 12.4. The average Bonchev–Trinajstić information content (AvgIpc) is 2.73. The summed E-state index contributed by atoms with van der Waals surface area (Å²) in [6.45, 7) is 4.52. The van der Waals surface area contributed by atoms with Crippen molar-refractivity contribution in [1.82, 2.24) is 0 Å². The van der Waals surface area contributed by atoms with Gasteiger partial charge in [-0.3, -0.25) is 4.79 Å². The Morgan fingerprint density at radius 2 is 1.70 bits per heavy atom. The minimum Gasteiger partial charge on any atom is -0.462 e. The molecule has 3 aliphatic carbocycles. The van der Waals surface area contributed by atoms with Gasteiger partial charge in [0, 0.05) is 18.3 Å². The molecule has 3 saturated carbocycles. The monoisotopic (exact) mass is 322 g/mol. The third kappa shape index (κ3) is 2.21. The largest absolute Gasteiger partial charge is 0.462 e. The Balaban J connectivity index is 1.70. The number of fused-ring (bicyclic) bond motifs is 5. The fraction of sp³-hybridized carbons (Fsp3) is 0.947. The predicted octanol–water partition coefficient (Wildman–Crippen LogP) is 2.66. The van der Waals surface area contributed by atoms with Crippen LogP contribution < -0.4 is 0 Å². The molecule has 4 nitrogen and oxygen atoms in total. The molecule has 0 aromatic carbocycles. The second-order valence-electron chi connectivity index (χ2n) is 9.14. The van der Waals surface area contributed by atoms with Gasteiger partial charge in [0.05, 0.1) is 12.2 Å². The van der Waals surface area contributed by atoms with Gasteiger partial charge in [0.1, 0.15) is 6.10 Å². The highest BCUT2D eigenvalue weighted by Crippen LogP contribution is 2.62. The maximum Gasteiger partial charge on any atom is 0.306 e. The van der Waals surface area contributed by atoms with Crippen LogP contribution in [0, 0.1) is 28.6 Å². The van der Waals surface area contributed by atoms with Gasteiger partial charge in [-0.05, 0) is 61.7 Å². The molecule has 130 valence electrons. The van der Waals surface area contributed by atoms with Gasteiger partial charge in [-0.15, -0.1) is 0 Å². The molecule has 0 bridgehead atoms. The lowest BCUT2D eigenvalue weighted by Gasteiger charge is -2.54. The van der Waals surface area contributed by atoms with Crippen LogP contribution in [0.15, 0.2) is 0 Å². The number of hydrogen-bond acceptors (Lipinski definition) is 4. The van der Waals surface area contributed by atoms with Crippen molar-refractivity contribution in [1.29, 1.82) is 0 Å². The smallest absolute Gasteiger partial charge is 0.306 e. The van der Waals surface area contributed by atoms with E-state index in [9.17, 15) is 15.0 Å². The summed E-state index contributed by atoms with van der Waals surface area (Å²) in [5, 5.41) is 20.5. The Morgan fingerprint density at radius 3 is 2.48 bits per heavy atom. The molecule has 4 rings (SSSR count). The molecule has 0 amide bonds. The number of rotatable bonds is 0. The van der Waals surface area contributed by atoms with Gasteiger partial charge in [0.2, 0.25) is 0 Å². The van der Waals surface area contributed by atoms with Gasteiger partial charge in [-0.1, -0.05) is 13.8 Å². The van der Waals surface area contributed by atoms with E-state index in [2.05, 4.69) is 13.8 Å². The Bertz CT molecular complexity index is 506. The molecule has 0 aromatic heterocycles. The van der Waals surface area contributed by atoms with Crippen molar-refractivity contribution in [3.63, 3.8) is 0 Å². The minimum atomic E-state index is -0.264. The first kappa shape index (κ1) is 15.9. The normalized spacial score (nSPS) is 56.1. The van der Waals surface area contributed by atoms with E-state index in [0.717, 1.165) is 44.9 Å². The number of ether oxygens (including phenoxy) is 1. The minimum absolute atomic E-state index is 0.0383. The average molecular weight is 322 g/mol. The zero-order valence-electron chi connectivity index (χ0n) is 14.3. The topological polar surface area (TPSA) is 66.8 Å². The summed E-state index contributed by atoms with van der Waals surface area (Å²) in [5.74, 6) is 0.829. The molecule has 8 atom stereocenters. The van der Waals surface area contributed by atoms with Crippen LogP contribution in [0.4, 0.5) is 0 Å². The van der Waals surface area contributed by atoms with Crippen LogP contribution in [0.2, 0.25) is 0 Å². The van der Waals surface area contributed by atoms with E-state index < -0.39 is 0 Å². The van der Waals surface area contributed by atoms with Crippen LogP contribution >= 0.6 is 0 Å². The molecule has 0 spiro atoms. The second-order valence-corrected chi connectivity index (χ2v) is 9.14. The fourth-order valence-corrected chi connectivity index (χ4v) is 6.52. The molecule has 4 heteroatoms. The van der Waals surface area contributed by atoms with Gasteiger partial charge in [0.15, 0.2) is 0 Å². The third-order valence-electron chi connectivity index (χ3n) is 8.18. The molecule has 1 saturated heterocycles. The van der Waals surface area contributed by atoms with Gasteiger partial charge in [-0.25, -0.2) is 0 Å². The SMILES string of the molecule is C[C@]12CC[C@H]3[C@@H](OC(=O)CC4C[C@@H](O)CC[C@@]43C)[C@@H]1CC[C@@H]2O. The van der Waals surface area contributed by atoms with Crippen LogP contribution in [0.1, 0.15) is 65.2 Å². The van der Waals surface area contributed by atoms with Gasteiger partial charge < -0.3 is 14.9 Å². The first-order valence-electron chi connectivity index (χ1n) is 9.40. The molecule has 4 fully saturated rings. The van der Waals surface area contributed by atoms with Crippen LogP contribution in [-0.2, 0) is 9.53 Å². The van der Waals surface area contributed by atoms with Crippen LogP contribution in [0.25, 0.3) is 0 Å². The number of hydrogen-bond donors (Lipinski definition) is 2. The highest BCUT2D eigenvalue weighted by Gasteiger charge is 2.61. The summed E-state index contributed by atoms with van der Waals surface area (Å²) in [6.07, 6.45) is 6.32. The molecule has 2 N–H and O–H groups in total. The molecule has 0 radical (unpaired) electrons. The van der Waals surface area contributed by atoms with Crippen molar-refractivity contribution < 1.29 is 19.7 Å². The highest BCUT2D eigenvalue weighted by molar-refractivity contribution is 5.70. The van der Waals surface area contributed by atoms with Crippen molar-refractivity contribution in [3.05, 3.63) is 0 Å². The molecule has 0 aromatic rings. The Labute approximate surface area is 138 Å². The van der Waals surface area contributed by atoms with E-state index in [1.165, 1.54) is 0 Å². The number of aliphatic hydroxyl groups is 2. The lowest BCUT2D eigenvalue weighted by atomic mass is 9.52. The van der Waals surface area contributed by atoms with Crippen LogP contribution in [0.3, 0.4) is 0 Å². The van der Waals surface area contributed by atoms with E-state index >= 15 is 0 Å². The van der Waals surface area contributed by atoms with Crippen LogP contribution in [-0.4, -0.2) is 34.5 Å². The van der Waals surface area contributed by atoms with Crippen molar-refractivity contribution in [2.75, 3.05) is 0 Å². The first-order valence-corrected chi connectivity index (χ1v) is 9.40. The maximum atomic E-state index is 12.4. The molecular formula is C19H30O4. The van der Waals surface area contributed by atoms with E-state index in [0.29, 0.717) is 18.3 Å². The zero-order valence-corrected chi connectivity index (χ0v) is 14.3. The number of esters is 1. The second kappa shape index (κ2) is 5.19. The summed E-state index contributed by atoms with van der Waals surface area (Å²) < 4.78 is 6.00. The number of carbonyl (C=O) groups excluding carboxylic acids is 1. The molecular weight excluding hydrogens is 292 g/mol. The van der Waals surface area contributed by atoms with Crippen molar-refractivity contribution in [3.8, 4) is 0 Å². The molecule has 1 aliphatic heterocycles. The first-order chi connectivity index (χ1) is 10.8. The van der Waals surface area contributed by atoms with Gasteiger partial charge in [-0.2, -0.15) is 0 Å². The standard InChI is InChI=1S/C19H30O4/c1-18-7-5-12(20)9-11(18)10-16(22)23-17-13-3-4-15(21)19(13,2)8-6-14(17)18/h11-15,17,20-21H,3-10H2,1-2H3/t11?,12-,13-,14-,15-,17-,18-,19-/m0/s1. The van der Waals surface area contributed by atoms with E-state index in [1.807, 2.05) is 0 Å². The molecule has 1 unspecified atom stereocenters. The number of carbonyl (C=O) groups is 1. The van der Waals surface area contributed by atoms with Crippen molar-refractivity contribution >= 4 is 5.97 Å². The molecule has 1 heterocycles. The quantitative estimate of drug-likeness (QED) is 0.673. The molecule has 23 heavy (non-hydrogen) atoms. The summed E-state index contributed by atoms with van der Waals surface area (Å²) in [6, 6.07) is 0. The molecule has 4 aliphatic rings. The maximum absolute atomic E-state index is 12.4. The van der Waals surface area contributed by atoms with E-state index in [-0.39, 0.29) is 41.0 Å². The summed E-state index contributed by atoms with van der Waals surface area (Å²) >= 11 is 0. The Hall–Kier alpha value is -0.610. The highest BCUT2D eigenvalue weighted by atomic mass is 16.5. The van der Waals surface area contributed by atoms with Gasteiger partial charge >= 0.3 is 5.97 Å². The summed E-state index contributed by atoms with van der Waals surface area (Å²) in [5.41, 5.74) is -0.00322. The number of aliphatic hydroxyl groups excluding tert-OH is 2. The van der Waals surface area contributed by atoms with E-state index in [4.69, 9.17) is 4.74 Å². The van der Waals surface area contributed by atoms with E-state index in [1.54, 1.807) is 0 Å². The van der Waals surface area contributed by atoms with Crippen LogP contribution in [0.5, 0.6) is 0 Å². The van der Waals surface area contributed by atoms with Gasteiger partial charge in [0.25, 0.3) is 0 Å². The Kier molecular flexibility index (Phi) is 3.59. The third-order valence-corrected chi connectivity index (χ3v) is 8.18. The predicted molar refractivity (Wildman–Crippen MR) is 85.5 cm³/mol. The summed E-state index contributed by atoms with van der Waals surface area (Å²) in [7, 11) is 0. The van der Waals surface area contributed by atoms with Crippen molar-refractivity contribution in [2.45, 2.75) is 83.5 Å². The van der Waals surface area contributed by atoms with Crippen molar-refractivity contribution in [2.24, 2.45) is 28.6 Å². The lowest BCUT2D eigenvalue weighted by molar-refractivity contribution is -0.167. The lowest BCUT2D eigenvalue weighted by Crippen LogP contribution is -2.53. The zero-order chi connectivity index (χ0) is 16.4.